The summed E-state index contributed by atoms with van der Waals surface area (Å²) in [7, 11) is 1.51. The predicted octanol–water partition coefficient (Wildman–Crippen LogP) is 2.03. The van der Waals surface area contributed by atoms with Crippen LogP contribution in [0.15, 0.2) is 18.2 Å². The molecule has 1 unspecified atom stereocenters. The maximum Gasteiger partial charge on any atom is 0.313 e. The lowest BCUT2D eigenvalue weighted by molar-refractivity contribution is -0.143. The van der Waals surface area contributed by atoms with Crippen LogP contribution in [0.4, 0.5) is 5.69 Å². The van der Waals surface area contributed by atoms with Crippen LogP contribution in [-0.4, -0.2) is 18.2 Å². The topological polar surface area (TPSA) is 72.5 Å². The van der Waals surface area contributed by atoms with Gasteiger partial charge in [-0.3, -0.25) is 4.79 Å². The zero-order valence-corrected chi connectivity index (χ0v) is 9.78. The Morgan fingerprint density at radius 2 is 2.19 bits per heavy atom. The SMILES string of the molecule is CCC(C)(C(=O)O)c1cccc(OC)c1N. The summed E-state index contributed by atoms with van der Waals surface area (Å²) in [5.74, 6) is -0.367. The molecule has 0 aromatic heterocycles. The van der Waals surface area contributed by atoms with E-state index in [4.69, 9.17) is 10.5 Å². The number of carboxylic acid groups (broad SMARTS) is 1. The number of rotatable bonds is 4. The average Bonchev–Trinajstić information content (AvgIpc) is 2.28. The molecule has 0 aliphatic heterocycles. The molecule has 1 aromatic rings. The van der Waals surface area contributed by atoms with Crippen molar-refractivity contribution in [3.8, 4) is 5.75 Å². The fourth-order valence-electron chi connectivity index (χ4n) is 1.66. The third-order valence-corrected chi connectivity index (χ3v) is 3.06. The van der Waals surface area contributed by atoms with Gasteiger partial charge in [-0.25, -0.2) is 0 Å². The van der Waals surface area contributed by atoms with E-state index in [0.29, 0.717) is 23.4 Å². The number of carbonyl (C=O) groups is 1. The monoisotopic (exact) mass is 223 g/mol. The van der Waals surface area contributed by atoms with E-state index in [0.717, 1.165) is 0 Å². The van der Waals surface area contributed by atoms with Gasteiger partial charge in [-0.15, -0.1) is 0 Å². The van der Waals surface area contributed by atoms with Gasteiger partial charge in [0.15, 0.2) is 0 Å². The molecule has 0 radical (unpaired) electrons. The number of ether oxygens (including phenoxy) is 1. The number of hydrogen-bond acceptors (Lipinski definition) is 3. The molecule has 0 spiro atoms. The van der Waals surface area contributed by atoms with Crippen molar-refractivity contribution in [2.75, 3.05) is 12.8 Å². The second kappa shape index (κ2) is 4.43. The molecule has 0 fully saturated rings. The van der Waals surface area contributed by atoms with Gasteiger partial charge < -0.3 is 15.6 Å². The number of benzene rings is 1. The van der Waals surface area contributed by atoms with E-state index in [1.54, 1.807) is 25.1 Å². The zero-order valence-electron chi connectivity index (χ0n) is 9.78. The minimum Gasteiger partial charge on any atom is -0.495 e. The first-order chi connectivity index (χ1) is 7.47. The molecule has 0 saturated heterocycles. The summed E-state index contributed by atoms with van der Waals surface area (Å²) >= 11 is 0. The maximum absolute atomic E-state index is 11.3. The van der Waals surface area contributed by atoms with Gasteiger partial charge in [0.2, 0.25) is 0 Å². The summed E-state index contributed by atoms with van der Waals surface area (Å²) < 4.78 is 5.09. The van der Waals surface area contributed by atoms with Crippen molar-refractivity contribution in [3.05, 3.63) is 23.8 Å². The van der Waals surface area contributed by atoms with E-state index in [-0.39, 0.29) is 0 Å². The Balaban J connectivity index is 3.37. The maximum atomic E-state index is 11.3. The molecule has 1 aromatic carbocycles. The van der Waals surface area contributed by atoms with Crippen molar-refractivity contribution in [3.63, 3.8) is 0 Å². The van der Waals surface area contributed by atoms with Crippen LogP contribution in [0.1, 0.15) is 25.8 Å². The van der Waals surface area contributed by atoms with Gasteiger partial charge in [0.1, 0.15) is 5.75 Å². The van der Waals surface area contributed by atoms with E-state index < -0.39 is 11.4 Å². The van der Waals surface area contributed by atoms with E-state index in [1.165, 1.54) is 7.11 Å². The Morgan fingerprint density at radius 3 is 2.62 bits per heavy atom. The van der Waals surface area contributed by atoms with Crippen LogP contribution in [0, 0.1) is 0 Å². The van der Waals surface area contributed by atoms with Crippen LogP contribution in [-0.2, 0) is 10.2 Å². The molecule has 16 heavy (non-hydrogen) atoms. The predicted molar refractivity (Wildman–Crippen MR) is 62.7 cm³/mol. The number of nitrogen functional groups attached to an aromatic ring is 1. The minimum absolute atomic E-state index is 0.400. The lowest BCUT2D eigenvalue weighted by Crippen LogP contribution is -2.32. The van der Waals surface area contributed by atoms with Crippen LogP contribution >= 0.6 is 0 Å². The van der Waals surface area contributed by atoms with Crippen LogP contribution in [0.25, 0.3) is 0 Å². The van der Waals surface area contributed by atoms with Gasteiger partial charge in [0, 0.05) is 0 Å². The number of carboxylic acids is 1. The summed E-state index contributed by atoms with van der Waals surface area (Å²) in [4.78, 5) is 11.3. The highest BCUT2D eigenvalue weighted by Gasteiger charge is 2.35. The molecule has 1 atom stereocenters. The molecular weight excluding hydrogens is 206 g/mol. The van der Waals surface area contributed by atoms with Crippen molar-refractivity contribution in [2.45, 2.75) is 25.7 Å². The van der Waals surface area contributed by atoms with Gasteiger partial charge in [-0.1, -0.05) is 19.1 Å². The van der Waals surface area contributed by atoms with Crippen molar-refractivity contribution in [2.24, 2.45) is 0 Å². The summed E-state index contributed by atoms with van der Waals surface area (Å²) in [5.41, 5.74) is 5.93. The number of anilines is 1. The lowest BCUT2D eigenvalue weighted by Gasteiger charge is -2.25. The molecular formula is C12H17NO3. The van der Waals surface area contributed by atoms with E-state index in [1.807, 2.05) is 6.92 Å². The summed E-state index contributed by atoms with van der Waals surface area (Å²) in [6.45, 7) is 3.49. The Bertz CT molecular complexity index is 403. The molecule has 0 aliphatic rings. The summed E-state index contributed by atoms with van der Waals surface area (Å²) in [5, 5.41) is 9.28. The Labute approximate surface area is 95.0 Å². The first-order valence-electron chi connectivity index (χ1n) is 5.13. The molecule has 4 heteroatoms. The first-order valence-corrected chi connectivity index (χ1v) is 5.13. The average molecular weight is 223 g/mol. The van der Waals surface area contributed by atoms with Crippen LogP contribution in [0.3, 0.4) is 0 Å². The molecule has 3 N–H and O–H groups in total. The third kappa shape index (κ3) is 1.83. The number of methoxy groups -OCH3 is 1. The van der Waals surface area contributed by atoms with E-state index >= 15 is 0 Å². The van der Waals surface area contributed by atoms with Crippen LogP contribution in [0.5, 0.6) is 5.75 Å². The molecule has 0 amide bonds. The number of aliphatic carboxylic acids is 1. The molecule has 88 valence electrons. The molecule has 0 saturated carbocycles. The largest absolute Gasteiger partial charge is 0.495 e. The van der Waals surface area contributed by atoms with Crippen molar-refractivity contribution < 1.29 is 14.6 Å². The fourth-order valence-corrected chi connectivity index (χ4v) is 1.66. The van der Waals surface area contributed by atoms with Crippen molar-refractivity contribution in [1.82, 2.24) is 0 Å². The number of hydrogen-bond donors (Lipinski definition) is 2. The second-order valence-corrected chi connectivity index (χ2v) is 3.91. The Morgan fingerprint density at radius 1 is 1.56 bits per heavy atom. The van der Waals surface area contributed by atoms with E-state index in [9.17, 15) is 9.90 Å². The van der Waals surface area contributed by atoms with Gasteiger partial charge in [-0.2, -0.15) is 0 Å². The molecule has 0 aliphatic carbocycles. The lowest BCUT2D eigenvalue weighted by atomic mass is 9.79. The Kier molecular flexibility index (Phi) is 3.42. The molecule has 1 rings (SSSR count). The van der Waals surface area contributed by atoms with Crippen LogP contribution in [0.2, 0.25) is 0 Å². The normalized spacial score (nSPS) is 14.2. The number of nitrogens with two attached hydrogens (primary N) is 1. The zero-order chi connectivity index (χ0) is 12.3. The second-order valence-electron chi connectivity index (χ2n) is 3.91. The highest BCUT2D eigenvalue weighted by Crippen LogP contribution is 2.36. The summed E-state index contributed by atoms with van der Waals surface area (Å²) in [6, 6.07) is 5.20. The highest BCUT2D eigenvalue weighted by molar-refractivity contribution is 5.84. The van der Waals surface area contributed by atoms with Gasteiger partial charge in [0.25, 0.3) is 0 Å². The highest BCUT2D eigenvalue weighted by atomic mass is 16.5. The Hall–Kier alpha value is -1.71. The summed E-state index contributed by atoms with van der Waals surface area (Å²) in [6.07, 6.45) is 0.472. The van der Waals surface area contributed by atoms with Gasteiger partial charge >= 0.3 is 5.97 Å². The standard InChI is InChI=1S/C12H17NO3/c1-4-12(2,11(14)15)8-6-5-7-9(16-3)10(8)13/h5-7H,4,13H2,1-3H3,(H,14,15). The fraction of sp³-hybridized carbons (Fsp3) is 0.417. The van der Waals surface area contributed by atoms with Gasteiger partial charge in [0.05, 0.1) is 18.2 Å². The first kappa shape index (κ1) is 12.4. The smallest absolute Gasteiger partial charge is 0.313 e. The van der Waals surface area contributed by atoms with Gasteiger partial charge in [-0.05, 0) is 25.0 Å². The van der Waals surface area contributed by atoms with Crippen molar-refractivity contribution >= 4 is 11.7 Å². The number of para-hydroxylation sites is 1. The molecule has 0 bridgehead atoms. The molecule has 4 nitrogen and oxygen atoms in total. The minimum atomic E-state index is -0.974. The van der Waals surface area contributed by atoms with Crippen LogP contribution < -0.4 is 10.5 Å². The third-order valence-electron chi connectivity index (χ3n) is 3.06. The van der Waals surface area contributed by atoms with Crippen molar-refractivity contribution in [1.29, 1.82) is 0 Å². The quantitative estimate of drug-likeness (QED) is 0.766. The van der Waals surface area contributed by atoms with E-state index in [2.05, 4.69) is 0 Å². The molecule has 0 heterocycles.